The third kappa shape index (κ3) is 12.4. The minimum Gasteiger partial charge on any atom is -0.353 e. The topological polar surface area (TPSA) is 75.3 Å². The Morgan fingerprint density at radius 1 is 0.792 bits per heavy atom. The third-order valence-corrected chi connectivity index (χ3v) is 3.80. The fraction of sp³-hybridized carbons (Fsp3) is 0.526. The summed E-state index contributed by atoms with van der Waals surface area (Å²) in [6.07, 6.45) is 10.1. The molecule has 0 spiro atoms. The number of nitrogens with one attached hydrogen (secondary N) is 2. The van der Waals surface area contributed by atoms with Crippen LogP contribution in [0.4, 0.5) is 0 Å². The highest BCUT2D eigenvalue weighted by molar-refractivity contribution is 5.89. The highest BCUT2D eigenvalue weighted by Crippen LogP contribution is 2.16. The number of hydrogen-bond donors (Lipinski definition) is 2. The van der Waals surface area contributed by atoms with Crippen molar-refractivity contribution in [3.8, 4) is 0 Å². The molecule has 0 bridgehead atoms. The van der Waals surface area contributed by atoms with E-state index >= 15 is 0 Å². The molecule has 1 unspecified atom stereocenters. The molecule has 134 valence electrons. The molecule has 5 heteroatoms. The zero-order chi connectivity index (χ0) is 18.2. The number of amides is 2. The normalized spacial score (nSPS) is 11.2. The van der Waals surface area contributed by atoms with Crippen LogP contribution >= 0.6 is 0 Å². The fourth-order valence-electron chi connectivity index (χ4n) is 2.31. The Morgan fingerprint density at radius 2 is 1.42 bits per heavy atom. The lowest BCUT2D eigenvalue weighted by molar-refractivity contribution is -0.117. The Kier molecular flexibility index (Phi) is 13.1. The summed E-state index contributed by atoms with van der Waals surface area (Å²) in [6.45, 7) is 11.5. The monoisotopic (exact) mass is 334 g/mol. The molecule has 0 aromatic rings. The summed E-state index contributed by atoms with van der Waals surface area (Å²) in [5.41, 5.74) is 0. The molecule has 0 aliphatic carbocycles. The van der Waals surface area contributed by atoms with Crippen LogP contribution in [0.25, 0.3) is 0 Å². The Bertz CT molecular complexity index is 420. The number of carbonyl (C=O) groups excluding carboxylic acids is 3. The van der Waals surface area contributed by atoms with E-state index in [4.69, 9.17) is 0 Å². The minimum atomic E-state index is -0.187. The first-order chi connectivity index (χ1) is 11.5. The molecule has 2 N–H and O–H groups in total. The first-order valence-corrected chi connectivity index (χ1v) is 8.49. The summed E-state index contributed by atoms with van der Waals surface area (Å²) in [6, 6.07) is 0. The molecule has 0 radical (unpaired) electrons. The first kappa shape index (κ1) is 21.8. The van der Waals surface area contributed by atoms with Gasteiger partial charge in [-0.3, -0.25) is 14.4 Å². The number of hydrogen-bond acceptors (Lipinski definition) is 3. The zero-order valence-corrected chi connectivity index (χ0v) is 14.5. The molecular weight excluding hydrogens is 304 g/mol. The van der Waals surface area contributed by atoms with E-state index in [0.717, 1.165) is 38.5 Å². The Labute approximate surface area is 145 Å². The SMILES string of the molecule is C=CC(=O)CCC(CCCCCCNC(=O)C=C)CNC(=O)C=C. The largest absolute Gasteiger partial charge is 0.353 e. The molecule has 0 saturated carbocycles. The zero-order valence-electron chi connectivity index (χ0n) is 14.5. The molecule has 0 aliphatic heterocycles. The van der Waals surface area contributed by atoms with E-state index in [0.29, 0.717) is 19.5 Å². The van der Waals surface area contributed by atoms with E-state index in [1.54, 1.807) is 0 Å². The van der Waals surface area contributed by atoms with Crippen molar-refractivity contribution in [2.24, 2.45) is 5.92 Å². The predicted octanol–water partition coefficient (Wildman–Crippen LogP) is 2.69. The Hall–Kier alpha value is -2.17. The van der Waals surface area contributed by atoms with Gasteiger partial charge in [0, 0.05) is 19.5 Å². The van der Waals surface area contributed by atoms with Gasteiger partial charge in [0.25, 0.3) is 0 Å². The average molecular weight is 334 g/mol. The van der Waals surface area contributed by atoms with Gasteiger partial charge in [-0.15, -0.1) is 0 Å². The average Bonchev–Trinajstić information content (AvgIpc) is 2.61. The van der Waals surface area contributed by atoms with Crippen LogP contribution < -0.4 is 10.6 Å². The molecule has 0 heterocycles. The Morgan fingerprint density at radius 3 is 2.04 bits per heavy atom. The van der Waals surface area contributed by atoms with E-state index in [1.165, 1.54) is 18.2 Å². The van der Waals surface area contributed by atoms with Crippen LogP contribution in [0.5, 0.6) is 0 Å². The maximum atomic E-state index is 11.4. The summed E-state index contributed by atoms with van der Waals surface area (Å²) in [7, 11) is 0. The summed E-state index contributed by atoms with van der Waals surface area (Å²) in [5, 5.41) is 5.55. The second kappa shape index (κ2) is 14.4. The molecule has 24 heavy (non-hydrogen) atoms. The van der Waals surface area contributed by atoms with E-state index in [1.807, 2.05) is 0 Å². The lowest BCUT2D eigenvalue weighted by atomic mass is 9.94. The van der Waals surface area contributed by atoms with Crippen molar-refractivity contribution >= 4 is 17.6 Å². The highest BCUT2D eigenvalue weighted by Gasteiger charge is 2.11. The van der Waals surface area contributed by atoms with Gasteiger partial charge < -0.3 is 10.6 Å². The maximum Gasteiger partial charge on any atom is 0.243 e. The lowest BCUT2D eigenvalue weighted by Gasteiger charge is -2.16. The summed E-state index contributed by atoms with van der Waals surface area (Å²) in [4.78, 5) is 33.6. The van der Waals surface area contributed by atoms with Crippen LogP contribution in [-0.2, 0) is 14.4 Å². The summed E-state index contributed by atoms with van der Waals surface area (Å²) >= 11 is 0. The fourth-order valence-corrected chi connectivity index (χ4v) is 2.31. The van der Waals surface area contributed by atoms with Crippen LogP contribution in [0.2, 0.25) is 0 Å². The minimum absolute atomic E-state index is 0.0352. The van der Waals surface area contributed by atoms with E-state index in [9.17, 15) is 14.4 Å². The number of ketones is 1. The van der Waals surface area contributed by atoms with Crippen LogP contribution in [0.15, 0.2) is 38.0 Å². The maximum absolute atomic E-state index is 11.4. The van der Waals surface area contributed by atoms with Crippen molar-refractivity contribution < 1.29 is 14.4 Å². The van der Waals surface area contributed by atoms with Crippen molar-refractivity contribution in [2.75, 3.05) is 13.1 Å². The van der Waals surface area contributed by atoms with Gasteiger partial charge in [0.15, 0.2) is 5.78 Å². The van der Waals surface area contributed by atoms with Crippen molar-refractivity contribution in [3.05, 3.63) is 38.0 Å². The molecular formula is C19H30N2O3. The van der Waals surface area contributed by atoms with Gasteiger partial charge in [0.2, 0.25) is 11.8 Å². The quantitative estimate of drug-likeness (QED) is 0.357. The molecule has 2 amide bonds. The van der Waals surface area contributed by atoms with Crippen molar-refractivity contribution in [3.63, 3.8) is 0 Å². The van der Waals surface area contributed by atoms with Crippen molar-refractivity contribution in [1.29, 1.82) is 0 Å². The van der Waals surface area contributed by atoms with Crippen molar-refractivity contribution in [1.82, 2.24) is 10.6 Å². The first-order valence-electron chi connectivity index (χ1n) is 8.49. The molecule has 0 saturated heterocycles. The van der Waals surface area contributed by atoms with Crippen LogP contribution in [0.3, 0.4) is 0 Å². The van der Waals surface area contributed by atoms with Gasteiger partial charge in [-0.25, -0.2) is 0 Å². The third-order valence-electron chi connectivity index (χ3n) is 3.80. The van der Waals surface area contributed by atoms with Gasteiger partial charge in [-0.05, 0) is 43.4 Å². The predicted molar refractivity (Wildman–Crippen MR) is 97.4 cm³/mol. The van der Waals surface area contributed by atoms with Gasteiger partial charge in [-0.1, -0.05) is 39.0 Å². The second-order valence-electron chi connectivity index (χ2n) is 5.72. The lowest BCUT2D eigenvalue weighted by Crippen LogP contribution is -2.28. The highest BCUT2D eigenvalue weighted by atomic mass is 16.2. The van der Waals surface area contributed by atoms with Gasteiger partial charge in [0.05, 0.1) is 0 Å². The van der Waals surface area contributed by atoms with E-state index < -0.39 is 0 Å². The molecule has 1 atom stereocenters. The number of allylic oxidation sites excluding steroid dienone is 1. The molecule has 5 nitrogen and oxygen atoms in total. The van der Waals surface area contributed by atoms with Gasteiger partial charge >= 0.3 is 0 Å². The summed E-state index contributed by atoms with van der Waals surface area (Å²) in [5.74, 6) is -0.0146. The smallest absolute Gasteiger partial charge is 0.243 e. The van der Waals surface area contributed by atoms with Crippen LogP contribution in [0.1, 0.15) is 44.9 Å². The van der Waals surface area contributed by atoms with E-state index in [2.05, 4.69) is 30.4 Å². The molecule has 0 rings (SSSR count). The number of carbonyl (C=O) groups is 3. The number of unbranched alkanes of at least 4 members (excludes halogenated alkanes) is 3. The molecule has 0 fully saturated rings. The Balaban J connectivity index is 3.97. The van der Waals surface area contributed by atoms with Crippen LogP contribution in [-0.4, -0.2) is 30.7 Å². The van der Waals surface area contributed by atoms with Gasteiger partial charge in [-0.2, -0.15) is 0 Å². The standard InChI is InChI=1S/C19H30N2O3/c1-4-17(22)13-12-16(15-21-19(24)6-3)11-9-7-8-10-14-20-18(23)5-2/h4-6,16H,1-3,7-15H2,(H,20,23)(H,21,24). The molecule has 0 aromatic heterocycles. The second-order valence-corrected chi connectivity index (χ2v) is 5.72. The van der Waals surface area contributed by atoms with Gasteiger partial charge in [0.1, 0.15) is 0 Å². The van der Waals surface area contributed by atoms with Crippen molar-refractivity contribution in [2.45, 2.75) is 44.9 Å². The number of rotatable bonds is 15. The summed E-state index contributed by atoms with van der Waals surface area (Å²) < 4.78 is 0. The van der Waals surface area contributed by atoms with E-state index in [-0.39, 0.29) is 23.5 Å². The van der Waals surface area contributed by atoms with Crippen LogP contribution in [0, 0.1) is 5.92 Å². The molecule has 0 aliphatic rings. The molecule has 0 aromatic carbocycles.